The minimum absolute atomic E-state index is 0.0894. The first kappa shape index (κ1) is 16.2. The molecular weight excluding hydrogens is 360 g/mol. The summed E-state index contributed by atoms with van der Waals surface area (Å²) in [6.07, 6.45) is 0.840. The van der Waals surface area contributed by atoms with Crippen LogP contribution >= 0.6 is 27.3 Å². The van der Waals surface area contributed by atoms with Gasteiger partial charge in [-0.25, -0.2) is 13.8 Å². The van der Waals surface area contributed by atoms with Crippen molar-refractivity contribution in [2.45, 2.75) is 19.9 Å². The lowest BCUT2D eigenvalue weighted by Gasteiger charge is -2.19. The molecule has 0 bridgehead atoms. The highest BCUT2D eigenvalue weighted by atomic mass is 79.9. The van der Waals surface area contributed by atoms with Gasteiger partial charge in [-0.1, -0.05) is 6.92 Å². The number of nitrogens with zero attached hydrogens (tertiary/aromatic N) is 2. The van der Waals surface area contributed by atoms with E-state index in [4.69, 9.17) is 0 Å². The van der Waals surface area contributed by atoms with E-state index in [1.165, 1.54) is 0 Å². The zero-order chi connectivity index (χ0) is 15.4. The summed E-state index contributed by atoms with van der Waals surface area (Å²) in [6.45, 7) is 3.07. The van der Waals surface area contributed by atoms with Crippen LogP contribution in [-0.4, -0.2) is 18.6 Å². The maximum atomic E-state index is 13.9. The number of rotatable bonds is 6. The third-order valence-corrected chi connectivity index (χ3v) is 4.41. The van der Waals surface area contributed by atoms with E-state index in [1.807, 2.05) is 18.4 Å². The molecule has 21 heavy (non-hydrogen) atoms. The van der Waals surface area contributed by atoms with Gasteiger partial charge in [0, 0.05) is 26.2 Å². The molecule has 0 aliphatic rings. The molecule has 0 aliphatic carbocycles. The van der Waals surface area contributed by atoms with Gasteiger partial charge in [0.05, 0.1) is 3.79 Å². The van der Waals surface area contributed by atoms with Gasteiger partial charge in [0.15, 0.2) is 23.3 Å². The molecule has 2 rings (SSSR count). The Morgan fingerprint density at radius 3 is 2.71 bits per heavy atom. The molecule has 0 amide bonds. The van der Waals surface area contributed by atoms with Crippen molar-refractivity contribution in [2.24, 2.45) is 0 Å². The molecule has 0 saturated heterocycles. The Hall–Kier alpha value is -1.21. The van der Waals surface area contributed by atoms with E-state index in [1.54, 1.807) is 23.3 Å². The van der Waals surface area contributed by atoms with Gasteiger partial charge < -0.3 is 10.2 Å². The summed E-state index contributed by atoms with van der Waals surface area (Å²) in [5, 5.41) is 4.85. The normalized spacial score (nSPS) is 10.7. The average Bonchev–Trinajstić information content (AvgIpc) is 2.83. The van der Waals surface area contributed by atoms with Gasteiger partial charge in [-0.2, -0.15) is 0 Å². The van der Waals surface area contributed by atoms with Crippen LogP contribution < -0.4 is 10.2 Å². The van der Waals surface area contributed by atoms with Gasteiger partial charge in [0.25, 0.3) is 0 Å². The van der Waals surface area contributed by atoms with Crippen LogP contribution in [0.15, 0.2) is 21.3 Å². The van der Waals surface area contributed by atoms with Crippen molar-refractivity contribution in [3.63, 3.8) is 0 Å². The Kier molecular flexibility index (Phi) is 5.52. The predicted octanol–water partition coefficient (Wildman–Crippen LogP) is 4.64. The third kappa shape index (κ3) is 4.14. The van der Waals surface area contributed by atoms with Crippen LogP contribution in [0.1, 0.15) is 18.9 Å². The van der Waals surface area contributed by atoms with Gasteiger partial charge in [0.1, 0.15) is 0 Å². The molecule has 0 aromatic carbocycles. The van der Waals surface area contributed by atoms with Crippen LogP contribution in [0.3, 0.4) is 0 Å². The first-order valence-electron chi connectivity index (χ1n) is 6.55. The maximum Gasteiger partial charge on any atom is 0.168 e. The number of halogens is 3. The molecule has 0 fully saturated rings. The summed E-state index contributed by atoms with van der Waals surface area (Å²) >= 11 is 4.96. The summed E-state index contributed by atoms with van der Waals surface area (Å²) < 4.78 is 28.6. The van der Waals surface area contributed by atoms with Crippen LogP contribution in [0.2, 0.25) is 0 Å². The van der Waals surface area contributed by atoms with E-state index >= 15 is 0 Å². The Bertz CT molecular complexity index is 618. The predicted molar refractivity (Wildman–Crippen MR) is 87.1 cm³/mol. The van der Waals surface area contributed by atoms with Crippen molar-refractivity contribution in [1.29, 1.82) is 0 Å². The van der Waals surface area contributed by atoms with Crippen LogP contribution in [0, 0.1) is 11.6 Å². The van der Waals surface area contributed by atoms with Crippen LogP contribution in [0.4, 0.5) is 20.4 Å². The van der Waals surface area contributed by atoms with Crippen LogP contribution in [0.5, 0.6) is 0 Å². The van der Waals surface area contributed by atoms with Gasteiger partial charge in [0.2, 0.25) is 0 Å². The second kappa shape index (κ2) is 7.17. The van der Waals surface area contributed by atoms with E-state index in [9.17, 15) is 8.78 Å². The molecule has 2 aromatic rings. The molecule has 0 unspecified atom stereocenters. The van der Waals surface area contributed by atoms with Crippen molar-refractivity contribution in [1.82, 2.24) is 4.98 Å². The fourth-order valence-electron chi connectivity index (χ4n) is 1.87. The van der Waals surface area contributed by atoms with Crippen molar-refractivity contribution in [3.05, 3.63) is 38.5 Å². The number of pyridine rings is 1. The Labute approximate surface area is 135 Å². The summed E-state index contributed by atoms with van der Waals surface area (Å²) in [7, 11) is 1.73. The van der Waals surface area contributed by atoms with E-state index < -0.39 is 11.6 Å². The molecule has 1 N–H and O–H groups in total. The van der Waals surface area contributed by atoms with Crippen molar-refractivity contribution >= 4 is 38.9 Å². The standard InChI is InChI=1S/C14H16BrF2N3S/c1-3-4-18-13-10(16)6-11(17)14(19-13)20(2)7-9-5-12(15)21-8-9/h5-6,8H,3-4,7H2,1-2H3,(H,18,19). The summed E-state index contributed by atoms with van der Waals surface area (Å²) in [6, 6.07) is 2.85. The molecule has 0 aliphatic heterocycles. The zero-order valence-electron chi connectivity index (χ0n) is 11.8. The van der Waals surface area contributed by atoms with E-state index in [0.717, 1.165) is 21.8 Å². The number of hydrogen-bond donors (Lipinski definition) is 1. The van der Waals surface area contributed by atoms with Gasteiger partial charge >= 0.3 is 0 Å². The fraction of sp³-hybridized carbons (Fsp3) is 0.357. The maximum absolute atomic E-state index is 13.9. The van der Waals surface area contributed by atoms with E-state index in [-0.39, 0.29) is 11.6 Å². The Morgan fingerprint density at radius 1 is 1.33 bits per heavy atom. The minimum atomic E-state index is -0.670. The Balaban J connectivity index is 2.20. The number of anilines is 2. The molecule has 0 atom stereocenters. The lowest BCUT2D eigenvalue weighted by Crippen LogP contribution is -2.20. The smallest absolute Gasteiger partial charge is 0.168 e. The van der Waals surface area contributed by atoms with Gasteiger partial charge in [-0.05, 0) is 39.4 Å². The molecule has 0 saturated carbocycles. The third-order valence-electron chi connectivity index (χ3n) is 2.86. The first-order chi connectivity index (χ1) is 10.0. The molecule has 0 spiro atoms. The molecule has 114 valence electrons. The summed E-state index contributed by atoms with van der Waals surface area (Å²) in [5.74, 6) is -1.10. The molecule has 0 radical (unpaired) electrons. The van der Waals surface area contributed by atoms with Crippen LogP contribution in [-0.2, 0) is 6.54 Å². The molecule has 2 heterocycles. The largest absolute Gasteiger partial charge is 0.368 e. The second-order valence-corrected chi connectivity index (χ2v) is 6.96. The topological polar surface area (TPSA) is 28.2 Å². The lowest BCUT2D eigenvalue weighted by atomic mass is 10.3. The molecule has 3 nitrogen and oxygen atoms in total. The minimum Gasteiger partial charge on any atom is -0.368 e. The highest BCUT2D eigenvalue weighted by Gasteiger charge is 2.15. The van der Waals surface area contributed by atoms with Crippen molar-refractivity contribution in [3.8, 4) is 0 Å². The Morgan fingerprint density at radius 2 is 2.10 bits per heavy atom. The van der Waals surface area contributed by atoms with Crippen LogP contribution in [0.25, 0.3) is 0 Å². The molecule has 2 aromatic heterocycles. The first-order valence-corrected chi connectivity index (χ1v) is 8.22. The van der Waals surface area contributed by atoms with E-state index in [2.05, 4.69) is 26.2 Å². The van der Waals surface area contributed by atoms with E-state index in [0.29, 0.717) is 13.1 Å². The van der Waals surface area contributed by atoms with Gasteiger partial charge in [-0.15, -0.1) is 11.3 Å². The lowest BCUT2D eigenvalue weighted by molar-refractivity contribution is 0.572. The highest BCUT2D eigenvalue weighted by Crippen LogP contribution is 2.25. The number of aromatic nitrogens is 1. The molecular formula is C14H16BrF2N3S. The quantitative estimate of drug-likeness (QED) is 0.796. The fourth-order valence-corrected chi connectivity index (χ4v) is 3.07. The summed E-state index contributed by atoms with van der Waals surface area (Å²) in [5.41, 5.74) is 1.04. The number of thiophene rings is 1. The van der Waals surface area contributed by atoms with Crippen molar-refractivity contribution < 1.29 is 8.78 Å². The van der Waals surface area contributed by atoms with Crippen molar-refractivity contribution in [2.75, 3.05) is 23.8 Å². The number of hydrogen-bond acceptors (Lipinski definition) is 4. The highest BCUT2D eigenvalue weighted by molar-refractivity contribution is 9.11. The second-order valence-electron chi connectivity index (χ2n) is 4.67. The molecule has 7 heteroatoms. The zero-order valence-corrected chi connectivity index (χ0v) is 14.2. The van der Waals surface area contributed by atoms with Gasteiger partial charge in [-0.3, -0.25) is 0 Å². The SMILES string of the molecule is CCCNc1nc(N(C)Cc2csc(Br)c2)c(F)cc1F. The average molecular weight is 376 g/mol. The number of nitrogens with one attached hydrogen (secondary N) is 1. The monoisotopic (exact) mass is 375 g/mol. The summed E-state index contributed by atoms with van der Waals surface area (Å²) in [4.78, 5) is 5.74.